The average molecular weight is 557 g/mol. The second-order valence-electron chi connectivity index (χ2n) is 10.6. The van der Waals surface area contributed by atoms with Crippen molar-refractivity contribution >= 4 is 17.5 Å². The summed E-state index contributed by atoms with van der Waals surface area (Å²) in [5.41, 5.74) is 2.15. The number of benzene rings is 1. The highest BCUT2D eigenvalue weighted by atomic mass is 16.5. The summed E-state index contributed by atoms with van der Waals surface area (Å²) in [5.74, 6) is 1.55. The van der Waals surface area contributed by atoms with Gasteiger partial charge in [-0.2, -0.15) is 0 Å². The predicted molar refractivity (Wildman–Crippen MR) is 154 cm³/mol. The van der Waals surface area contributed by atoms with Crippen LogP contribution in [-0.2, 0) is 16.1 Å². The van der Waals surface area contributed by atoms with Crippen LogP contribution in [0.5, 0.6) is 5.75 Å². The van der Waals surface area contributed by atoms with E-state index in [1.54, 1.807) is 12.4 Å². The second kappa shape index (κ2) is 12.6. The van der Waals surface area contributed by atoms with Crippen molar-refractivity contribution in [1.29, 1.82) is 0 Å². The Balaban J connectivity index is 1.23. The van der Waals surface area contributed by atoms with Gasteiger partial charge in [-0.05, 0) is 56.4 Å². The van der Waals surface area contributed by atoms with E-state index < -0.39 is 0 Å². The van der Waals surface area contributed by atoms with Crippen molar-refractivity contribution in [2.24, 2.45) is 0 Å². The normalized spacial score (nSPS) is 19.0. The number of nitrogens with zero attached hydrogens (tertiary/aromatic N) is 6. The molecule has 1 unspecified atom stereocenters. The van der Waals surface area contributed by atoms with E-state index in [2.05, 4.69) is 14.5 Å². The Morgan fingerprint density at radius 3 is 2.59 bits per heavy atom. The van der Waals surface area contributed by atoms with E-state index in [1.807, 2.05) is 69.1 Å². The topological polar surface area (TPSA) is 94.2 Å². The largest absolute Gasteiger partial charge is 0.492 e. The number of pyridine rings is 1. The molecule has 6 rings (SSSR count). The van der Waals surface area contributed by atoms with Gasteiger partial charge >= 0.3 is 0 Å². The molecular weight excluding hydrogens is 520 g/mol. The molecule has 2 bridgehead atoms. The Labute approximate surface area is 239 Å². The van der Waals surface area contributed by atoms with Crippen molar-refractivity contribution in [3.05, 3.63) is 72.9 Å². The summed E-state index contributed by atoms with van der Waals surface area (Å²) in [6, 6.07) is 13.6. The first-order chi connectivity index (χ1) is 20.2. The molecule has 1 aromatic carbocycles. The molecule has 0 N–H and O–H groups in total. The van der Waals surface area contributed by atoms with Crippen molar-refractivity contribution in [2.75, 3.05) is 39.4 Å². The van der Waals surface area contributed by atoms with E-state index in [9.17, 15) is 9.59 Å². The molecular formula is C31H36N6O4. The standard InChI is InChI=1S/C31H36N6O4/c38-30(26-23-37-15-2-1-11-28(37)33-26)35-13-3-4-14-36(31(39)27-10-6-20-41-27)19-21-40-25-9-5-8-24(22-25)29-32-12-18-34(29)16-7-17-35/h1-2,5,8-9,11-12,15,18,22-23,27H,3-4,6-7,10,13-14,16-17,19-21H2. The van der Waals surface area contributed by atoms with Gasteiger partial charge in [0.15, 0.2) is 0 Å². The molecule has 2 amide bonds. The van der Waals surface area contributed by atoms with Gasteiger partial charge in [0, 0.05) is 63.1 Å². The average Bonchev–Trinajstić information content (AvgIpc) is 3.77. The Kier molecular flexibility index (Phi) is 8.27. The number of imidazole rings is 2. The van der Waals surface area contributed by atoms with E-state index in [1.165, 1.54) is 0 Å². The Morgan fingerprint density at radius 2 is 1.73 bits per heavy atom. The van der Waals surface area contributed by atoms with Gasteiger partial charge in [0.1, 0.15) is 35.6 Å². The summed E-state index contributed by atoms with van der Waals surface area (Å²) in [7, 11) is 0. The van der Waals surface area contributed by atoms with Crippen LogP contribution in [0.4, 0.5) is 0 Å². The molecule has 0 radical (unpaired) electrons. The van der Waals surface area contributed by atoms with Crippen molar-refractivity contribution in [1.82, 2.24) is 28.7 Å². The van der Waals surface area contributed by atoms with Crippen LogP contribution >= 0.6 is 0 Å². The summed E-state index contributed by atoms with van der Waals surface area (Å²) < 4.78 is 15.8. The zero-order valence-electron chi connectivity index (χ0n) is 23.2. The van der Waals surface area contributed by atoms with Crippen LogP contribution in [-0.4, -0.2) is 86.0 Å². The van der Waals surface area contributed by atoms with E-state index >= 15 is 0 Å². The van der Waals surface area contributed by atoms with Crippen LogP contribution in [0.3, 0.4) is 0 Å². The monoisotopic (exact) mass is 556 g/mol. The summed E-state index contributed by atoms with van der Waals surface area (Å²) in [5, 5.41) is 0. The minimum Gasteiger partial charge on any atom is -0.492 e. The third-order valence-corrected chi connectivity index (χ3v) is 7.76. The third-order valence-electron chi connectivity index (χ3n) is 7.76. The SMILES string of the molecule is O=C(c1cn2ccccc2n1)N1CCCCN(C(=O)C2CCCO2)CCOc2cccc(c2)-c2nccn2CCC1. The summed E-state index contributed by atoms with van der Waals surface area (Å²) in [6.07, 6.45) is 11.1. The van der Waals surface area contributed by atoms with Crippen LogP contribution in [0.15, 0.2) is 67.3 Å². The Bertz CT molecular complexity index is 1460. The summed E-state index contributed by atoms with van der Waals surface area (Å²) >= 11 is 0. The van der Waals surface area contributed by atoms with Gasteiger partial charge in [0.2, 0.25) is 0 Å². The molecule has 3 aromatic heterocycles. The predicted octanol–water partition coefficient (Wildman–Crippen LogP) is 3.91. The van der Waals surface area contributed by atoms with Gasteiger partial charge in [-0.15, -0.1) is 0 Å². The van der Waals surface area contributed by atoms with Crippen LogP contribution in [0.2, 0.25) is 0 Å². The van der Waals surface area contributed by atoms with Crippen molar-refractivity contribution in [3.8, 4) is 17.1 Å². The molecule has 2 aliphatic rings. The lowest BCUT2D eigenvalue weighted by atomic mass is 10.2. The fourth-order valence-corrected chi connectivity index (χ4v) is 5.61. The highest BCUT2D eigenvalue weighted by Gasteiger charge is 2.28. The lowest BCUT2D eigenvalue weighted by Gasteiger charge is -2.26. The molecule has 0 spiro atoms. The first-order valence-electron chi connectivity index (χ1n) is 14.5. The van der Waals surface area contributed by atoms with Gasteiger partial charge in [0.05, 0.1) is 6.54 Å². The zero-order chi connectivity index (χ0) is 28.0. The van der Waals surface area contributed by atoms with Crippen molar-refractivity contribution < 1.29 is 19.1 Å². The van der Waals surface area contributed by atoms with Gasteiger partial charge < -0.3 is 28.2 Å². The Morgan fingerprint density at radius 1 is 0.854 bits per heavy atom. The van der Waals surface area contributed by atoms with Crippen LogP contribution < -0.4 is 4.74 Å². The van der Waals surface area contributed by atoms with Gasteiger partial charge in [0.25, 0.3) is 11.8 Å². The molecule has 5 heterocycles. The number of aromatic nitrogens is 4. The Hall–Kier alpha value is -4.18. The third kappa shape index (κ3) is 6.27. The second-order valence-corrected chi connectivity index (χ2v) is 10.6. The van der Waals surface area contributed by atoms with E-state index in [-0.39, 0.29) is 17.9 Å². The minimum atomic E-state index is -0.376. The lowest BCUT2D eigenvalue weighted by Crippen LogP contribution is -2.42. The number of aryl methyl sites for hydroxylation is 1. The molecule has 10 heteroatoms. The van der Waals surface area contributed by atoms with E-state index in [0.29, 0.717) is 45.1 Å². The fraction of sp³-hybridized carbons (Fsp3) is 0.419. The van der Waals surface area contributed by atoms with Crippen LogP contribution in [0.25, 0.3) is 17.0 Å². The highest BCUT2D eigenvalue weighted by molar-refractivity contribution is 5.93. The zero-order valence-corrected chi connectivity index (χ0v) is 23.2. The summed E-state index contributed by atoms with van der Waals surface area (Å²) in [4.78, 5) is 39.9. The number of carbonyl (C=O) groups is 2. The number of amides is 2. The molecule has 4 aromatic rings. The lowest BCUT2D eigenvalue weighted by molar-refractivity contribution is -0.141. The molecule has 0 aliphatic carbocycles. The fourth-order valence-electron chi connectivity index (χ4n) is 5.61. The van der Waals surface area contributed by atoms with Gasteiger partial charge in [-0.1, -0.05) is 18.2 Å². The van der Waals surface area contributed by atoms with Crippen LogP contribution in [0.1, 0.15) is 42.6 Å². The number of hydrogen-bond acceptors (Lipinski definition) is 6. The molecule has 0 saturated carbocycles. The van der Waals surface area contributed by atoms with Gasteiger partial charge in [-0.3, -0.25) is 9.59 Å². The van der Waals surface area contributed by atoms with E-state index in [4.69, 9.17) is 9.47 Å². The highest BCUT2D eigenvalue weighted by Crippen LogP contribution is 2.24. The molecule has 214 valence electrons. The number of ether oxygens (including phenoxy) is 2. The molecule has 2 aliphatic heterocycles. The maximum atomic E-state index is 13.6. The maximum absolute atomic E-state index is 13.6. The first kappa shape index (κ1) is 27.0. The maximum Gasteiger partial charge on any atom is 0.274 e. The number of rotatable bonds is 2. The van der Waals surface area contributed by atoms with Crippen molar-refractivity contribution in [3.63, 3.8) is 0 Å². The quantitative estimate of drug-likeness (QED) is 0.372. The molecule has 41 heavy (non-hydrogen) atoms. The minimum absolute atomic E-state index is 0.0254. The number of hydrogen-bond donors (Lipinski definition) is 0. The molecule has 1 fully saturated rings. The van der Waals surface area contributed by atoms with Gasteiger partial charge in [-0.25, -0.2) is 9.97 Å². The number of carbonyl (C=O) groups excluding carboxylic acids is 2. The van der Waals surface area contributed by atoms with Crippen LogP contribution in [0, 0.1) is 0 Å². The van der Waals surface area contributed by atoms with E-state index in [0.717, 1.165) is 61.4 Å². The van der Waals surface area contributed by atoms with Crippen molar-refractivity contribution in [2.45, 2.75) is 44.8 Å². The number of fused-ring (bicyclic) bond motifs is 5. The molecule has 10 nitrogen and oxygen atoms in total. The molecule has 1 saturated heterocycles. The smallest absolute Gasteiger partial charge is 0.274 e. The molecule has 1 atom stereocenters. The first-order valence-corrected chi connectivity index (χ1v) is 14.5. The summed E-state index contributed by atoms with van der Waals surface area (Å²) in [6.45, 7) is 3.97.